The zero-order valence-corrected chi connectivity index (χ0v) is 10.7. The summed E-state index contributed by atoms with van der Waals surface area (Å²) in [6.07, 6.45) is 1.69. The highest BCUT2D eigenvalue weighted by atomic mass is 79.9. The molecular formula is C12H11BrN2O. The van der Waals surface area contributed by atoms with Crippen molar-refractivity contribution in [2.24, 2.45) is 0 Å². The number of rotatable bonds is 2. The van der Waals surface area contributed by atoms with E-state index in [0.29, 0.717) is 0 Å². The Morgan fingerprint density at radius 2 is 2.06 bits per heavy atom. The fraction of sp³-hybridized carbons (Fsp3) is 0.167. The van der Waals surface area contributed by atoms with Gasteiger partial charge in [-0.1, -0.05) is 6.07 Å². The van der Waals surface area contributed by atoms with Gasteiger partial charge in [-0.3, -0.25) is 0 Å². The largest absolute Gasteiger partial charge is 0.496 e. The van der Waals surface area contributed by atoms with Crippen LogP contribution in [0.2, 0.25) is 0 Å². The van der Waals surface area contributed by atoms with Gasteiger partial charge in [0.25, 0.3) is 0 Å². The first kappa shape index (κ1) is 11.1. The first-order valence-electron chi connectivity index (χ1n) is 4.84. The van der Waals surface area contributed by atoms with E-state index >= 15 is 0 Å². The number of benzene rings is 1. The molecule has 0 amide bonds. The van der Waals surface area contributed by atoms with Crippen LogP contribution in [0.1, 0.15) is 5.56 Å². The average molecular weight is 279 g/mol. The summed E-state index contributed by atoms with van der Waals surface area (Å²) < 4.78 is 6.18. The molecule has 2 aromatic rings. The van der Waals surface area contributed by atoms with Gasteiger partial charge < -0.3 is 4.74 Å². The lowest BCUT2D eigenvalue weighted by molar-refractivity contribution is 0.412. The van der Waals surface area contributed by atoms with Crippen molar-refractivity contribution in [3.63, 3.8) is 0 Å². The van der Waals surface area contributed by atoms with Crippen molar-refractivity contribution in [3.05, 3.63) is 40.5 Å². The van der Waals surface area contributed by atoms with Crippen LogP contribution in [-0.4, -0.2) is 17.3 Å². The van der Waals surface area contributed by atoms with Crippen molar-refractivity contribution in [1.82, 2.24) is 10.2 Å². The van der Waals surface area contributed by atoms with Crippen LogP contribution in [0.25, 0.3) is 11.3 Å². The molecule has 1 heterocycles. The monoisotopic (exact) mass is 278 g/mol. The summed E-state index contributed by atoms with van der Waals surface area (Å²) in [5.74, 6) is 0.794. The summed E-state index contributed by atoms with van der Waals surface area (Å²) in [5.41, 5.74) is 2.98. The number of hydrogen-bond donors (Lipinski definition) is 0. The number of halogens is 1. The third-order valence-corrected chi connectivity index (χ3v) is 3.00. The second-order valence-electron chi connectivity index (χ2n) is 3.41. The second kappa shape index (κ2) is 4.61. The lowest BCUT2D eigenvalue weighted by Gasteiger charge is -2.07. The summed E-state index contributed by atoms with van der Waals surface area (Å²) in [6, 6.07) is 7.82. The van der Waals surface area contributed by atoms with E-state index in [1.807, 2.05) is 31.2 Å². The molecule has 0 saturated carbocycles. The average Bonchev–Trinajstić information content (AvgIpc) is 2.31. The summed E-state index contributed by atoms with van der Waals surface area (Å²) in [7, 11) is 1.65. The van der Waals surface area contributed by atoms with Crippen molar-refractivity contribution in [2.45, 2.75) is 6.92 Å². The quantitative estimate of drug-likeness (QED) is 0.846. The van der Waals surface area contributed by atoms with Gasteiger partial charge in [0.05, 0.1) is 17.3 Å². The topological polar surface area (TPSA) is 35.0 Å². The highest BCUT2D eigenvalue weighted by molar-refractivity contribution is 9.10. The molecule has 3 nitrogen and oxygen atoms in total. The van der Waals surface area contributed by atoms with Crippen LogP contribution in [-0.2, 0) is 0 Å². The van der Waals surface area contributed by atoms with Gasteiger partial charge in [0.2, 0.25) is 0 Å². The fourth-order valence-electron chi connectivity index (χ4n) is 1.49. The van der Waals surface area contributed by atoms with Gasteiger partial charge in [-0.2, -0.15) is 10.2 Å². The fourth-order valence-corrected chi connectivity index (χ4v) is 1.89. The molecule has 0 bridgehead atoms. The minimum Gasteiger partial charge on any atom is -0.496 e. The highest BCUT2D eigenvalue weighted by Gasteiger charge is 2.07. The Morgan fingerprint density at radius 1 is 1.25 bits per heavy atom. The maximum atomic E-state index is 5.25. The van der Waals surface area contributed by atoms with Crippen LogP contribution in [0.15, 0.2) is 34.9 Å². The van der Waals surface area contributed by atoms with Crippen molar-refractivity contribution in [2.75, 3.05) is 7.11 Å². The van der Waals surface area contributed by atoms with Crippen LogP contribution < -0.4 is 4.74 Å². The molecule has 1 aromatic carbocycles. The zero-order valence-electron chi connectivity index (χ0n) is 9.07. The number of methoxy groups -OCH3 is 1. The summed E-state index contributed by atoms with van der Waals surface area (Å²) in [5, 5.41) is 8.03. The molecule has 0 radical (unpaired) electrons. The van der Waals surface area contributed by atoms with Crippen LogP contribution in [0.4, 0.5) is 0 Å². The third-order valence-electron chi connectivity index (χ3n) is 2.35. The van der Waals surface area contributed by atoms with Gasteiger partial charge >= 0.3 is 0 Å². The van der Waals surface area contributed by atoms with Gasteiger partial charge in [-0.15, -0.1) is 0 Å². The van der Waals surface area contributed by atoms with E-state index in [1.165, 1.54) is 0 Å². The standard InChI is InChI=1S/C12H11BrN2O/c1-8-5-6-14-15-12(8)9-3-4-10(13)11(7-9)16-2/h3-7H,1-2H3. The number of hydrogen-bond acceptors (Lipinski definition) is 3. The van der Waals surface area contributed by atoms with Gasteiger partial charge in [-0.05, 0) is 46.6 Å². The molecule has 82 valence electrons. The minimum atomic E-state index is 0.794. The van der Waals surface area contributed by atoms with Gasteiger partial charge in [0, 0.05) is 11.8 Å². The van der Waals surface area contributed by atoms with E-state index < -0.39 is 0 Å². The van der Waals surface area contributed by atoms with Gasteiger partial charge in [0.1, 0.15) is 5.75 Å². The Bertz CT molecular complexity index is 514. The van der Waals surface area contributed by atoms with E-state index in [9.17, 15) is 0 Å². The molecule has 2 rings (SSSR count). The molecule has 16 heavy (non-hydrogen) atoms. The lowest BCUT2D eigenvalue weighted by atomic mass is 10.1. The highest BCUT2D eigenvalue weighted by Crippen LogP contribution is 2.30. The zero-order chi connectivity index (χ0) is 11.5. The molecule has 0 saturated heterocycles. The normalized spacial score (nSPS) is 10.2. The van der Waals surface area contributed by atoms with E-state index in [2.05, 4.69) is 26.1 Å². The summed E-state index contributed by atoms with van der Waals surface area (Å²) in [6.45, 7) is 2.01. The van der Waals surface area contributed by atoms with Gasteiger partial charge in [0.15, 0.2) is 0 Å². The predicted molar refractivity (Wildman–Crippen MR) is 66.5 cm³/mol. The maximum Gasteiger partial charge on any atom is 0.133 e. The Balaban J connectivity index is 2.53. The van der Waals surface area contributed by atoms with E-state index in [-0.39, 0.29) is 0 Å². The van der Waals surface area contributed by atoms with Gasteiger partial charge in [-0.25, -0.2) is 0 Å². The van der Waals surface area contributed by atoms with E-state index in [0.717, 1.165) is 27.0 Å². The molecule has 0 unspecified atom stereocenters. The Kier molecular flexibility index (Phi) is 3.19. The molecule has 0 fully saturated rings. The first-order valence-corrected chi connectivity index (χ1v) is 5.64. The molecule has 0 aliphatic rings. The SMILES string of the molecule is COc1cc(-c2nnccc2C)ccc1Br. The minimum absolute atomic E-state index is 0.794. The van der Waals surface area contributed by atoms with Crippen molar-refractivity contribution < 1.29 is 4.74 Å². The smallest absolute Gasteiger partial charge is 0.133 e. The van der Waals surface area contributed by atoms with Crippen LogP contribution >= 0.6 is 15.9 Å². The predicted octanol–water partition coefficient (Wildman–Crippen LogP) is 3.22. The lowest BCUT2D eigenvalue weighted by Crippen LogP contribution is -1.92. The molecular weight excluding hydrogens is 268 g/mol. The second-order valence-corrected chi connectivity index (χ2v) is 4.27. The number of aromatic nitrogens is 2. The molecule has 0 spiro atoms. The summed E-state index contributed by atoms with van der Waals surface area (Å²) >= 11 is 3.42. The Morgan fingerprint density at radius 3 is 2.75 bits per heavy atom. The Hall–Kier alpha value is -1.42. The Labute approximate surface area is 103 Å². The summed E-state index contributed by atoms with van der Waals surface area (Å²) in [4.78, 5) is 0. The van der Waals surface area contributed by atoms with Crippen molar-refractivity contribution in [3.8, 4) is 17.0 Å². The molecule has 0 N–H and O–H groups in total. The number of aryl methyl sites for hydroxylation is 1. The molecule has 4 heteroatoms. The van der Waals surface area contributed by atoms with Crippen LogP contribution in [0, 0.1) is 6.92 Å². The van der Waals surface area contributed by atoms with Crippen LogP contribution in [0.5, 0.6) is 5.75 Å². The molecule has 0 aliphatic heterocycles. The molecule has 1 aromatic heterocycles. The molecule has 0 atom stereocenters. The van der Waals surface area contributed by atoms with E-state index in [1.54, 1.807) is 13.3 Å². The van der Waals surface area contributed by atoms with E-state index in [4.69, 9.17) is 4.74 Å². The first-order chi connectivity index (χ1) is 7.72. The number of ether oxygens (including phenoxy) is 1. The maximum absolute atomic E-state index is 5.25. The van der Waals surface area contributed by atoms with Crippen molar-refractivity contribution >= 4 is 15.9 Å². The van der Waals surface area contributed by atoms with Crippen LogP contribution in [0.3, 0.4) is 0 Å². The number of nitrogens with zero attached hydrogens (tertiary/aromatic N) is 2. The molecule has 0 aliphatic carbocycles. The third kappa shape index (κ3) is 2.07. The van der Waals surface area contributed by atoms with Crippen molar-refractivity contribution in [1.29, 1.82) is 0 Å².